The van der Waals surface area contributed by atoms with Crippen molar-refractivity contribution in [2.45, 2.75) is 19.8 Å². The molecule has 0 saturated heterocycles. The number of anilines is 1. The Morgan fingerprint density at radius 3 is 2.44 bits per heavy atom. The third kappa shape index (κ3) is 1.96. The van der Waals surface area contributed by atoms with E-state index in [-0.39, 0.29) is 5.92 Å². The fraction of sp³-hybridized carbons (Fsp3) is 0.308. The quantitative estimate of drug-likeness (QED) is 0.891. The Morgan fingerprint density at radius 1 is 1.22 bits per heavy atom. The summed E-state index contributed by atoms with van der Waals surface area (Å²) in [5, 5.41) is 4.27. The molecule has 2 N–H and O–H groups in total. The van der Waals surface area contributed by atoms with Gasteiger partial charge in [0.05, 0.1) is 5.69 Å². The number of nitrogens with zero attached hydrogens (tertiary/aromatic N) is 2. The smallest absolute Gasteiger partial charge is 0.159 e. The van der Waals surface area contributed by atoms with Gasteiger partial charge in [-0.25, -0.2) is 8.78 Å². The molecule has 0 saturated carbocycles. The summed E-state index contributed by atoms with van der Waals surface area (Å²) in [5.74, 6) is -1.05. The molecule has 1 aromatic heterocycles. The van der Waals surface area contributed by atoms with Gasteiger partial charge in [0.25, 0.3) is 0 Å². The molecule has 2 aromatic rings. The van der Waals surface area contributed by atoms with Crippen LogP contribution in [0.1, 0.15) is 25.3 Å². The predicted molar refractivity (Wildman–Crippen MR) is 67.1 cm³/mol. The molecule has 1 aromatic carbocycles. The highest BCUT2D eigenvalue weighted by molar-refractivity contribution is 5.69. The molecule has 3 nitrogen and oxygen atoms in total. The summed E-state index contributed by atoms with van der Waals surface area (Å²) in [4.78, 5) is 0. The van der Waals surface area contributed by atoms with E-state index in [2.05, 4.69) is 5.10 Å². The van der Waals surface area contributed by atoms with Gasteiger partial charge >= 0.3 is 0 Å². The van der Waals surface area contributed by atoms with Crippen LogP contribution in [0.25, 0.3) is 11.3 Å². The number of hydrogen-bond donors (Lipinski definition) is 1. The fourth-order valence-electron chi connectivity index (χ4n) is 1.98. The molecule has 0 spiro atoms. The Bertz CT molecular complexity index is 588. The molecule has 0 atom stereocenters. The van der Waals surface area contributed by atoms with Crippen molar-refractivity contribution in [3.8, 4) is 11.3 Å². The number of aromatic nitrogens is 2. The number of nitrogens with two attached hydrogens (primary N) is 1. The summed E-state index contributed by atoms with van der Waals surface area (Å²) < 4.78 is 27.7. The molecule has 5 heteroatoms. The first-order valence-corrected chi connectivity index (χ1v) is 5.69. The average Bonchev–Trinajstić information content (AvgIpc) is 2.59. The van der Waals surface area contributed by atoms with Crippen molar-refractivity contribution in [1.29, 1.82) is 0 Å². The van der Waals surface area contributed by atoms with Crippen molar-refractivity contribution < 1.29 is 8.78 Å². The van der Waals surface area contributed by atoms with Crippen LogP contribution < -0.4 is 5.73 Å². The normalized spacial score (nSPS) is 11.2. The molecule has 18 heavy (non-hydrogen) atoms. The number of nitrogen functional groups attached to an aromatic ring is 1. The lowest BCUT2D eigenvalue weighted by atomic mass is 9.98. The van der Waals surface area contributed by atoms with E-state index in [0.717, 1.165) is 17.7 Å². The molecule has 2 rings (SSSR count). The lowest BCUT2D eigenvalue weighted by Crippen LogP contribution is -2.00. The molecular weight excluding hydrogens is 236 g/mol. The average molecular weight is 251 g/mol. The van der Waals surface area contributed by atoms with Gasteiger partial charge in [-0.05, 0) is 24.1 Å². The van der Waals surface area contributed by atoms with E-state index in [9.17, 15) is 8.78 Å². The molecule has 0 fully saturated rings. The predicted octanol–water partition coefficient (Wildman–Crippen LogP) is 3.07. The van der Waals surface area contributed by atoms with E-state index in [1.807, 2.05) is 13.8 Å². The highest BCUT2D eigenvalue weighted by Crippen LogP contribution is 2.33. The van der Waals surface area contributed by atoms with Crippen LogP contribution >= 0.6 is 0 Å². The zero-order chi connectivity index (χ0) is 13.4. The number of rotatable bonds is 2. The van der Waals surface area contributed by atoms with Crippen LogP contribution in [0.3, 0.4) is 0 Å². The van der Waals surface area contributed by atoms with Crippen LogP contribution in [0.4, 0.5) is 14.6 Å². The first-order chi connectivity index (χ1) is 8.41. The Balaban J connectivity index is 2.63. The minimum Gasteiger partial charge on any atom is -0.384 e. The molecule has 0 aliphatic heterocycles. The number of benzene rings is 1. The lowest BCUT2D eigenvalue weighted by Gasteiger charge is -2.07. The Hall–Kier alpha value is -1.91. The summed E-state index contributed by atoms with van der Waals surface area (Å²) >= 11 is 0. The molecule has 0 amide bonds. The molecule has 96 valence electrons. The summed E-state index contributed by atoms with van der Waals surface area (Å²) in [7, 11) is 1.73. The number of halogens is 2. The SMILES string of the molecule is CC(C)c1c(-c2ccc(F)c(F)c2)nn(C)c1N. The largest absolute Gasteiger partial charge is 0.384 e. The van der Waals surface area contributed by atoms with E-state index in [0.29, 0.717) is 17.1 Å². The molecule has 0 radical (unpaired) electrons. The molecule has 0 aliphatic rings. The monoisotopic (exact) mass is 251 g/mol. The second-order valence-corrected chi connectivity index (χ2v) is 4.55. The van der Waals surface area contributed by atoms with Crippen molar-refractivity contribution in [1.82, 2.24) is 9.78 Å². The van der Waals surface area contributed by atoms with Crippen LogP contribution in [-0.2, 0) is 7.05 Å². The van der Waals surface area contributed by atoms with Crippen LogP contribution in [-0.4, -0.2) is 9.78 Å². The maximum Gasteiger partial charge on any atom is 0.159 e. The van der Waals surface area contributed by atoms with Gasteiger partial charge in [-0.3, -0.25) is 4.68 Å². The van der Waals surface area contributed by atoms with E-state index >= 15 is 0 Å². The van der Waals surface area contributed by atoms with Gasteiger partial charge < -0.3 is 5.73 Å². The van der Waals surface area contributed by atoms with Crippen LogP contribution in [0.2, 0.25) is 0 Å². The highest BCUT2D eigenvalue weighted by atomic mass is 19.2. The van der Waals surface area contributed by atoms with Gasteiger partial charge in [-0.1, -0.05) is 13.8 Å². The van der Waals surface area contributed by atoms with Crippen molar-refractivity contribution in [2.75, 3.05) is 5.73 Å². The van der Waals surface area contributed by atoms with E-state index in [1.54, 1.807) is 11.7 Å². The van der Waals surface area contributed by atoms with Crippen LogP contribution in [0.5, 0.6) is 0 Å². The van der Waals surface area contributed by atoms with Crippen LogP contribution in [0, 0.1) is 11.6 Å². The van der Waals surface area contributed by atoms with Gasteiger partial charge in [0.15, 0.2) is 11.6 Å². The summed E-state index contributed by atoms with van der Waals surface area (Å²) in [6.45, 7) is 3.97. The molecule has 1 heterocycles. The Morgan fingerprint density at radius 2 is 1.89 bits per heavy atom. The lowest BCUT2D eigenvalue weighted by molar-refractivity contribution is 0.509. The second kappa shape index (κ2) is 4.40. The van der Waals surface area contributed by atoms with Crippen molar-refractivity contribution in [3.05, 3.63) is 35.4 Å². The topological polar surface area (TPSA) is 43.8 Å². The second-order valence-electron chi connectivity index (χ2n) is 4.55. The molecule has 0 unspecified atom stereocenters. The van der Waals surface area contributed by atoms with E-state index < -0.39 is 11.6 Å². The zero-order valence-corrected chi connectivity index (χ0v) is 10.5. The minimum atomic E-state index is -0.883. The summed E-state index contributed by atoms with van der Waals surface area (Å²) in [5.41, 5.74) is 7.93. The van der Waals surface area contributed by atoms with Gasteiger partial charge in [-0.15, -0.1) is 0 Å². The van der Waals surface area contributed by atoms with Crippen molar-refractivity contribution in [3.63, 3.8) is 0 Å². The van der Waals surface area contributed by atoms with E-state index in [4.69, 9.17) is 5.73 Å². The number of aryl methyl sites for hydroxylation is 1. The molecular formula is C13H15F2N3. The first-order valence-electron chi connectivity index (χ1n) is 5.69. The van der Waals surface area contributed by atoms with Crippen LogP contribution in [0.15, 0.2) is 18.2 Å². The number of hydrogen-bond acceptors (Lipinski definition) is 2. The summed E-state index contributed by atoms with van der Waals surface area (Å²) in [6, 6.07) is 3.74. The Labute approximate surface area is 104 Å². The third-order valence-corrected chi connectivity index (χ3v) is 2.90. The van der Waals surface area contributed by atoms with Crippen molar-refractivity contribution >= 4 is 5.82 Å². The maximum atomic E-state index is 13.3. The third-order valence-electron chi connectivity index (χ3n) is 2.90. The Kier molecular flexibility index (Phi) is 3.07. The van der Waals surface area contributed by atoms with E-state index in [1.165, 1.54) is 6.07 Å². The highest BCUT2D eigenvalue weighted by Gasteiger charge is 2.19. The zero-order valence-electron chi connectivity index (χ0n) is 10.5. The maximum absolute atomic E-state index is 13.3. The van der Waals surface area contributed by atoms with Crippen molar-refractivity contribution in [2.24, 2.45) is 7.05 Å². The fourth-order valence-corrected chi connectivity index (χ4v) is 1.98. The minimum absolute atomic E-state index is 0.154. The van der Waals surface area contributed by atoms with Gasteiger partial charge in [-0.2, -0.15) is 5.10 Å². The van der Waals surface area contributed by atoms with Gasteiger partial charge in [0, 0.05) is 18.2 Å². The van der Waals surface area contributed by atoms with Gasteiger partial charge in [0.2, 0.25) is 0 Å². The molecule has 0 aliphatic carbocycles. The standard InChI is InChI=1S/C13H15F2N3/c1-7(2)11-12(17-18(3)13(11)16)8-4-5-9(14)10(15)6-8/h4-7H,16H2,1-3H3. The molecule has 0 bridgehead atoms. The van der Waals surface area contributed by atoms with Gasteiger partial charge in [0.1, 0.15) is 5.82 Å². The summed E-state index contributed by atoms with van der Waals surface area (Å²) in [6.07, 6.45) is 0. The first kappa shape index (κ1) is 12.5.